The zero-order chi connectivity index (χ0) is 9.68. The number of aromatic nitrogens is 1. The Kier molecular flexibility index (Phi) is 3.43. The molecule has 3 heteroatoms. The molecule has 0 unspecified atom stereocenters. The minimum atomic E-state index is 0.00669. The maximum atomic E-state index is 10.6. The van der Waals surface area contributed by atoms with Crippen molar-refractivity contribution >= 4 is 5.91 Å². The predicted molar refractivity (Wildman–Crippen MR) is 49.8 cm³/mol. The van der Waals surface area contributed by atoms with E-state index < -0.39 is 0 Å². The van der Waals surface area contributed by atoms with Crippen molar-refractivity contribution in [2.45, 2.75) is 26.9 Å². The van der Waals surface area contributed by atoms with E-state index >= 15 is 0 Å². The fourth-order valence-corrected chi connectivity index (χ4v) is 1.04. The van der Waals surface area contributed by atoms with Crippen LogP contribution in [-0.4, -0.2) is 5.91 Å². The molecule has 1 rings (SSSR count). The van der Waals surface area contributed by atoms with Crippen LogP contribution < -0.4 is 9.88 Å². The van der Waals surface area contributed by atoms with Crippen LogP contribution in [0.15, 0.2) is 24.5 Å². The molecule has 1 aromatic heterocycles. The first-order chi connectivity index (χ1) is 6.22. The average molecular weight is 179 g/mol. The van der Waals surface area contributed by atoms with E-state index in [9.17, 15) is 4.79 Å². The van der Waals surface area contributed by atoms with Gasteiger partial charge in [0.15, 0.2) is 12.4 Å². The quantitative estimate of drug-likeness (QED) is 0.678. The van der Waals surface area contributed by atoms with Crippen molar-refractivity contribution in [1.82, 2.24) is 5.32 Å². The van der Waals surface area contributed by atoms with Crippen molar-refractivity contribution < 1.29 is 9.36 Å². The number of amides is 1. The number of nitrogens with zero attached hydrogens (tertiary/aromatic N) is 1. The third kappa shape index (κ3) is 3.23. The van der Waals surface area contributed by atoms with E-state index in [1.54, 1.807) is 0 Å². The molecule has 1 N–H and O–H groups in total. The van der Waals surface area contributed by atoms with E-state index in [2.05, 4.69) is 16.8 Å². The minimum Gasteiger partial charge on any atom is -0.352 e. The van der Waals surface area contributed by atoms with Gasteiger partial charge < -0.3 is 5.32 Å². The standard InChI is InChI=1S/C10H14N2O/c1-3-12-6-4-10(5-7-12)8-11-9(2)13/h4-7H,3,8H2,1-2H3/p+1. The van der Waals surface area contributed by atoms with Crippen molar-refractivity contribution in [3.63, 3.8) is 0 Å². The lowest BCUT2D eigenvalue weighted by Gasteiger charge is -2.00. The number of rotatable bonds is 3. The normalized spacial score (nSPS) is 9.69. The summed E-state index contributed by atoms with van der Waals surface area (Å²) < 4.78 is 2.08. The number of carbonyl (C=O) groups is 1. The predicted octanol–water partition coefficient (Wildman–Crippen LogP) is 0.630. The zero-order valence-corrected chi connectivity index (χ0v) is 8.08. The summed E-state index contributed by atoms with van der Waals surface area (Å²) in [5, 5.41) is 2.75. The van der Waals surface area contributed by atoms with Gasteiger partial charge >= 0.3 is 0 Å². The first kappa shape index (κ1) is 9.71. The lowest BCUT2D eigenvalue weighted by Crippen LogP contribution is -2.31. The first-order valence-corrected chi connectivity index (χ1v) is 4.44. The van der Waals surface area contributed by atoms with Crippen LogP contribution in [0.5, 0.6) is 0 Å². The van der Waals surface area contributed by atoms with Crippen LogP contribution in [0.3, 0.4) is 0 Å². The third-order valence-electron chi connectivity index (χ3n) is 1.87. The number of hydrogen-bond donors (Lipinski definition) is 1. The summed E-state index contributed by atoms with van der Waals surface area (Å²) in [5.41, 5.74) is 1.12. The van der Waals surface area contributed by atoms with Gasteiger partial charge in [-0.15, -0.1) is 0 Å². The summed E-state index contributed by atoms with van der Waals surface area (Å²) in [5.74, 6) is 0.00669. The maximum Gasteiger partial charge on any atom is 0.217 e. The summed E-state index contributed by atoms with van der Waals surface area (Å²) >= 11 is 0. The SMILES string of the molecule is CC[n+]1ccc(CNC(C)=O)cc1. The number of aryl methyl sites for hydroxylation is 1. The second-order valence-corrected chi connectivity index (χ2v) is 2.95. The van der Waals surface area contributed by atoms with E-state index in [-0.39, 0.29) is 5.91 Å². The second-order valence-electron chi connectivity index (χ2n) is 2.95. The Morgan fingerprint density at radius 1 is 1.46 bits per heavy atom. The molecule has 0 saturated carbocycles. The molecule has 1 amide bonds. The van der Waals surface area contributed by atoms with Crippen molar-refractivity contribution in [3.05, 3.63) is 30.1 Å². The molecule has 0 atom stereocenters. The van der Waals surface area contributed by atoms with Gasteiger partial charge in [-0.3, -0.25) is 4.79 Å². The highest BCUT2D eigenvalue weighted by Crippen LogP contribution is 1.93. The van der Waals surface area contributed by atoms with E-state index in [4.69, 9.17) is 0 Å². The Balaban J connectivity index is 2.54. The van der Waals surface area contributed by atoms with Crippen molar-refractivity contribution in [2.75, 3.05) is 0 Å². The highest BCUT2D eigenvalue weighted by molar-refractivity contribution is 5.72. The van der Waals surface area contributed by atoms with Crippen LogP contribution in [0.2, 0.25) is 0 Å². The van der Waals surface area contributed by atoms with Gasteiger partial charge in [0.1, 0.15) is 6.54 Å². The Morgan fingerprint density at radius 2 is 2.08 bits per heavy atom. The van der Waals surface area contributed by atoms with Crippen molar-refractivity contribution in [2.24, 2.45) is 0 Å². The van der Waals surface area contributed by atoms with Crippen LogP contribution >= 0.6 is 0 Å². The van der Waals surface area contributed by atoms with Gasteiger partial charge in [0.05, 0.1) is 0 Å². The fourth-order valence-electron chi connectivity index (χ4n) is 1.04. The monoisotopic (exact) mass is 179 g/mol. The molecule has 0 aliphatic rings. The highest BCUT2D eigenvalue weighted by Gasteiger charge is 1.98. The highest BCUT2D eigenvalue weighted by atomic mass is 16.1. The van der Waals surface area contributed by atoms with E-state index in [0.29, 0.717) is 6.54 Å². The number of nitrogens with one attached hydrogen (secondary N) is 1. The Bertz CT molecular complexity index is 279. The lowest BCUT2D eigenvalue weighted by atomic mass is 10.2. The van der Waals surface area contributed by atoms with E-state index in [1.807, 2.05) is 24.5 Å². The smallest absolute Gasteiger partial charge is 0.217 e. The zero-order valence-electron chi connectivity index (χ0n) is 8.08. The molecule has 0 spiro atoms. The third-order valence-corrected chi connectivity index (χ3v) is 1.87. The molecule has 3 nitrogen and oxygen atoms in total. The van der Waals surface area contributed by atoms with Gasteiger partial charge in [-0.2, -0.15) is 0 Å². The molecule has 1 heterocycles. The fraction of sp³-hybridized carbons (Fsp3) is 0.400. The minimum absolute atomic E-state index is 0.00669. The molecule has 0 aromatic carbocycles. The van der Waals surface area contributed by atoms with Crippen LogP contribution in [0.1, 0.15) is 19.4 Å². The van der Waals surface area contributed by atoms with Crippen LogP contribution in [0.25, 0.3) is 0 Å². The number of carbonyl (C=O) groups excluding carboxylic acids is 1. The van der Waals surface area contributed by atoms with Crippen LogP contribution in [0.4, 0.5) is 0 Å². The van der Waals surface area contributed by atoms with Gasteiger partial charge in [-0.1, -0.05) is 0 Å². The molecular weight excluding hydrogens is 164 g/mol. The van der Waals surface area contributed by atoms with Crippen molar-refractivity contribution in [1.29, 1.82) is 0 Å². The van der Waals surface area contributed by atoms with Crippen molar-refractivity contribution in [3.8, 4) is 0 Å². The Morgan fingerprint density at radius 3 is 2.54 bits per heavy atom. The number of pyridine rings is 1. The molecular formula is C10H15N2O+. The van der Waals surface area contributed by atoms with Gasteiger partial charge in [0.2, 0.25) is 5.91 Å². The van der Waals surface area contributed by atoms with Gasteiger partial charge in [0, 0.05) is 25.6 Å². The maximum absolute atomic E-state index is 10.6. The summed E-state index contributed by atoms with van der Waals surface area (Å²) in [6, 6.07) is 4.03. The summed E-state index contributed by atoms with van der Waals surface area (Å²) in [4.78, 5) is 10.6. The topological polar surface area (TPSA) is 33.0 Å². The average Bonchev–Trinajstić information content (AvgIpc) is 2.15. The summed E-state index contributed by atoms with van der Waals surface area (Å²) in [6.07, 6.45) is 4.02. The first-order valence-electron chi connectivity index (χ1n) is 4.44. The second kappa shape index (κ2) is 4.60. The molecule has 0 aliphatic carbocycles. The molecule has 1 aromatic rings. The van der Waals surface area contributed by atoms with E-state index in [1.165, 1.54) is 6.92 Å². The molecule has 0 fully saturated rings. The molecule has 0 radical (unpaired) electrons. The van der Waals surface area contributed by atoms with Gasteiger partial charge in [-0.05, 0) is 12.5 Å². The van der Waals surface area contributed by atoms with Gasteiger partial charge in [0.25, 0.3) is 0 Å². The molecule has 0 saturated heterocycles. The Labute approximate surface area is 78.4 Å². The lowest BCUT2D eigenvalue weighted by molar-refractivity contribution is -0.693. The molecule has 13 heavy (non-hydrogen) atoms. The van der Waals surface area contributed by atoms with Crippen LogP contribution in [0, 0.1) is 0 Å². The molecule has 0 aliphatic heterocycles. The molecule has 70 valence electrons. The Hall–Kier alpha value is -1.38. The summed E-state index contributed by atoms with van der Waals surface area (Å²) in [6.45, 7) is 5.20. The summed E-state index contributed by atoms with van der Waals surface area (Å²) in [7, 11) is 0. The molecule has 0 bridgehead atoms. The number of hydrogen-bond acceptors (Lipinski definition) is 1. The van der Waals surface area contributed by atoms with Crippen LogP contribution in [-0.2, 0) is 17.9 Å². The largest absolute Gasteiger partial charge is 0.352 e. The van der Waals surface area contributed by atoms with Gasteiger partial charge in [-0.25, -0.2) is 4.57 Å². The van der Waals surface area contributed by atoms with E-state index in [0.717, 1.165) is 12.1 Å².